The predicted octanol–water partition coefficient (Wildman–Crippen LogP) is 5.09. The van der Waals surface area contributed by atoms with E-state index < -0.39 is 27.9 Å². The van der Waals surface area contributed by atoms with Gasteiger partial charge in [0, 0.05) is 32.4 Å². The van der Waals surface area contributed by atoms with Crippen molar-refractivity contribution >= 4 is 46.5 Å². The summed E-state index contributed by atoms with van der Waals surface area (Å²) >= 11 is 2.02. The highest BCUT2D eigenvalue weighted by molar-refractivity contribution is 14.1. The average Bonchev–Trinajstić information content (AvgIpc) is 3.15. The number of piperazine rings is 1. The Bertz CT molecular complexity index is 1210. The summed E-state index contributed by atoms with van der Waals surface area (Å²) in [6, 6.07) is 9.22. The number of carboxylic acid groups (broad SMARTS) is 1. The van der Waals surface area contributed by atoms with E-state index in [9.17, 15) is 19.1 Å². The van der Waals surface area contributed by atoms with Crippen molar-refractivity contribution in [2.24, 2.45) is 5.41 Å². The molecule has 212 valence electrons. The highest BCUT2D eigenvalue weighted by atomic mass is 127. The smallest absolute Gasteiger partial charge is 0.416 e. The number of amides is 2. The Morgan fingerprint density at radius 1 is 1.23 bits per heavy atom. The number of aromatic nitrogens is 2. The Morgan fingerprint density at radius 3 is 2.49 bits per heavy atom. The van der Waals surface area contributed by atoms with Crippen LogP contribution in [0, 0.1) is 5.41 Å². The molecule has 4 rings (SSSR count). The molecule has 0 aliphatic carbocycles. The van der Waals surface area contributed by atoms with Crippen molar-refractivity contribution in [3.63, 3.8) is 0 Å². The van der Waals surface area contributed by atoms with Crippen LogP contribution in [-0.2, 0) is 14.8 Å². The van der Waals surface area contributed by atoms with Gasteiger partial charge < -0.3 is 20.1 Å². The number of ether oxygens (including phenoxy) is 1. The number of benzene rings is 1. The SMILES string of the molecule is CC(C)(C)C1CN(Cc2ccc(C(I)(CF)Nc3nccc(N4C(=O)OCC4(C)C)n3)cc2)CCN1C(=O)O. The second-order valence-corrected chi connectivity index (χ2v) is 13.6. The third-order valence-electron chi connectivity index (χ3n) is 7.23. The highest BCUT2D eigenvalue weighted by Crippen LogP contribution is 2.35. The number of cyclic esters (lactones) is 1. The third-order valence-corrected chi connectivity index (χ3v) is 8.41. The molecule has 2 saturated heterocycles. The zero-order chi connectivity index (χ0) is 28.6. The van der Waals surface area contributed by atoms with E-state index in [0.29, 0.717) is 37.6 Å². The lowest BCUT2D eigenvalue weighted by molar-refractivity contribution is 0.0190. The zero-order valence-electron chi connectivity index (χ0n) is 22.9. The van der Waals surface area contributed by atoms with E-state index in [1.807, 2.05) is 60.7 Å². The molecule has 0 bridgehead atoms. The second kappa shape index (κ2) is 11.0. The van der Waals surface area contributed by atoms with Crippen LogP contribution in [0.3, 0.4) is 0 Å². The fraction of sp³-hybridized carbons (Fsp3) is 0.556. The molecule has 2 amide bonds. The van der Waals surface area contributed by atoms with Crippen molar-refractivity contribution < 1.29 is 23.8 Å². The number of halogens is 2. The van der Waals surface area contributed by atoms with Crippen LogP contribution in [0.2, 0.25) is 0 Å². The summed E-state index contributed by atoms with van der Waals surface area (Å²) in [4.78, 5) is 38.0. The Kier molecular flexibility index (Phi) is 8.27. The molecule has 2 aromatic rings. The molecule has 12 heteroatoms. The van der Waals surface area contributed by atoms with Crippen molar-refractivity contribution in [3.8, 4) is 0 Å². The first-order valence-electron chi connectivity index (χ1n) is 12.9. The van der Waals surface area contributed by atoms with Gasteiger partial charge >= 0.3 is 12.2 Å². The van der Waals surface area contributed by atoms with Crippen LogP contribution in [0.5, 0.6) is 0 Å². The normalized spacial score (nSPS) is 21.4. The summed E-state index contributed by atoms with van der Waals surface area (Å²) in [6.45, 7) is 11.9. The number of nitrogens with zero attached hydrogens (tertiary/aromatic N) is 5. The quantitative estimate of drug-likeness (QED) is 0.242. The van der Waals surface area contributed by atoms with Gasteiger partial charge in [0.1, 0.15) is 22.6 Å². The van der Waals surface area contributed by atoms with E-state index in [2.05, 4.69) is 41.0 Å². The van der Waals surface area contributed by atoms with Crippen molar-refractivity contribution in [2.75, 3.05) is 43.1 Å². The van der Waals surface area contributed by atoms with Gasteiger partial charge in [-0.3, -0.25) is 9.80 Å². The Labute approximate surface area is 242 Å². The molecule has 2 N–H and O–H groups in total. The van der Waals surface area contributed by atoms with Crippen molar-refractivity contribution in [1.82, 2.24) is 19.8 Å². The Hall–Kier alpha value is -2.74. The van der Waals surface area contributed by atoms with Gasteiger partial charge in [0.2, 0.25) is 5.95 Å². The van der Waals surface area contributed by atoms with Crippen LogP contribution >= 0.6 is 22.6 Å². The molecule has 1 aromatic carbocycles. The van der Waals surface area contributed by atoms with Gasteiger partial charge in [-0.1, -0.05) is 45.0 Å². The molecule has 0 saturated carbocycles. The number of nitrogens with one attached hydrogen (secondary N) is 1. The van der Waals surface area contributed by atoms with Gasteiger partial charge in [0.25, 0.3) is 0 Å². The summed E-state index contributed by atoms with van der Waals surface area (Å²) in [7, 11) is 0. The number of alkyl halides is 2. The molecule has 39 heavy (non-hydrogen) atoms. The van der Waals surface area contributed by atoms with Crippen molar-refractivity contribution in [1.29, 1.82) is 0 Å². The van der Waals surface area contributed by atoms with E-state index in [-0.39, 0.29) is 24.0 Å². The minimum Gasteiger partial charge on any atom is -0.465 e. The third kappa shape index (κ3) is 6.37. The van der Waals surface area contributed by atoms with Crippen LogP contribution in [-0.4, -0.2) is 81.6 Å². The summed E-state index contributed by atoms with van der Waals surface area (Å²) in [5, 5.41) is 12.7. The molecule has 2 aliphatic rings. The first kappa shape index (κ1) is 29.2. The van der Waals surface area contributed by atoms with Gasteiger partial charge in [0.15, 0.2) is 0 Å². The van der Waals surface area contributed by atoms with Crippen LogP contribution in [0.25, 0.3) is 0 Å². The monoisotopic (exact) mass is 654 g/mol. The first-order chi connectivity index (χ1) is 18.2. The highest BCUT2D eigenvalue weighted by Gasteiger charge is 2.42. The average molecular weight is 655 g/mol. The van der Waals surface area contributed by atoms with E-state index in [0.717, 1.165) is 5.56 Å². The van der Waals surface area contributed by atoms with Crippen LogP contribution < -0.4 is 10.2 Å². The van der Waals surface area contributed by atoms with E-state index >= 15 is 0 Å². The van der Waals surface area contributed by atoms with Crippen LogP contribution in [0.4, 0.5) is 25.7 Å². The molecule has 0 spiro atoms. The first-order valence-corrected chi connectivity index (χ1v) is 14.0. The van der Waals surface area contributed by atoms with Crippen molar-refractivity contribution in [3.05, 3.63) is 47.7 Å². The second-order valence-electron chi connectivity index (χ2n) is 11.8. The summed E-state index contributed by atoms with van der Waals surface area (Å²) in [5.74, 6) is 0.577. The number of carbonyl (C=O) groups excluding carboxylic acids is 1. The number of hydrogen-bond acceptors (Lipinski definition) is 7. The topological polar surface area (TPSA) is 111 Å². The predicted molar refractivity (Wildman–Crippen MR) is 155 cm³/mol. The van der Waals surface area contributed by atoms with Gasteiger partial charge in [-0.2, -0.15) is 4.98 Å². The van der Waals surface area contributed by atoms with Gasteiger partial charge in [-0.15, -0.1) is 0 Å². The molecular formula is C27H36FIN6O4. The largest absolute Gasteiger partial charge is 0.465 e. The maximum atomic E-state index is 14.5. The van der Waals surface area contributed by atoms with Crippen LogP contribution in [0.1, 0.15) is 45.7 Å². The summed E-state index contributed by atoms with van der Waals surface area (Å²) in [6.07, 6.45) is 0.166. The number of carbonyl (C=O) groups is 2. The Morgan fingerprint density at radius 2 is 1.92 bits per heavy atom. The molecule has 2 atom stereocenters. The minimum absolute atomic E-state index is 0.107. The fourth-order valence-electron chi connectivity index (χ4n) is 5.00. The number of anilines is 2. The maximum Gasteiger partial charge on any atom is 0.416 e. The molecule has 10 nitrogen and oxygen atoms in total. The lowest BCUT2D eigenvalue weighted by Crippen LogP contribution is -2.59. The lowest BCUT2D eigenvalue weighted by atomic mass is 9.84. The molecule has 3 heterocycles. The molecule has 0 radical (unpaired) electrons. The zero-order valence-corrected chi connectivity index (χ0v) is 25.1. The molecule has 2 fully saturated rings. The molecular weight excluding hydrogens is 618 g/mol. The maximum absolute atomic E-state index is 14.5. The standard InChI is InChI=1S/C27H36FIN6O4/c1-25(2,3)20-15-33(12-13-34(20)23(36)37)14-18-6-8-19(9-7-18)27(29,16-28)32-22-30-11-10-21(31-22)35-24(38)39-17-26(35,4)5/h6-11,20H,12-17H2,1-5H3,(H,36,37)(H,30,31,32). The molecule has 2 aliphatic heterocycles. The fourth-order valence-corrected chi connectivity index (χ4v) is 5.60. The Balaban J connectivity index is 1.47. The number of rotatable bonds is 7. The summed E-state index contributed by atoms with van der Waals surface area (Å²) < 4.78 is 18.5. The minimum atomic E-state index is -1.12. The molecule has 2 unspecified atom stereocenters. The van der Waals surface area contributed by atoms with Gasteiger partial charge in [-0.05, 0) is 59.0 Å². The lowest BCUT2D eigenvalue weighted by Gasteiger charge is -2.46. The van der Waals surface area contributed by atoms with Crippen LogP contribution in [0.15, 0.2) is 36.5 Å². The molecule has 1 aromatic heterocycles. The van der Waals surface area contributed by atoms with E-state index in [1.54, 1.807) is 11.0 Å². The summed E-state index contributed by atoms with van der Waals surface area (Å²) in [5.41, 5.74) is 1.03. The van der Waals surface area contributed by atoms with Gasteiger partial charge in [-0.25, -0.2) is 19.0 Å². The van der Waals surface area contributed by atoms with Gasteiger partial charge in [0.05, 0.1) is 11.6 Å². The van der Waals surface area contributed by atoms with E-state index in [1.165, 1.54) is 11.1 Å². The van der Waals surface area contributed by atoms with E-state index in [4.69, 9.17) is 4.74 Å². The van der Waals surface area contributed by atoms with Crippen molar-refractivity contribution in [2.45, 2.75) is 56.3 Å². The number of hydrogen-bond donors (Lipinski definition) is 2.